The number of rotatable bonds is 7. The van der Waals surface area contributed by atoms with Gasteiger partial charge in [-0.15, -0.1) is 28.9 Å². The van der Waals surface area contributed by atoms with Gasteiger partial charge in [0.15, 0.2) is 5.78 Å². The Kier molecular flexibility index (Phi) is 9.62. The van der Waals surface area contributed by atoms with Crippen molar-refractivity contribution in [2.24, 2.45) is 10.8 Å². The van der Waals surface area contributed by atoms with Crippen LogP contribution in [0.2, 0.25) is 0 Å². The van der Waals surface area contributed by atoms with E-state index in [1.54, 1.807) is 11.3 Å². The summed E-state index contributed by atoms with van der Waals surface area (Å²) >= 11 is 1.77. The fraction of sp³-hybridized carbons (Fsp3) is 0.333. The van der Waals surface area contributed by atoms with Gasteiger partial charge in [-0.05, 0) is 48.6 Å². The molecule has 6 rings (SSSR count). The Morgan fingerprint density at radius 2 is 1.60 bits per heavy atom. The number of carbonyl (C=O) groups excluding carboxylic acids is 1. The Bertz CT molecular complexity index is 1910. The van der Waals surface area contributed by atoms with Gasteiger partial charge in [0.1, 0.15) is 11.3 Å². The third-order valence-corrected chi connectivity index (χ3v) is 10.4. The van der Waals surface area contributed by atoms with Crippen LogP contribution in [-0.2, 0) is 24.9 Å². The molecule has 221 valence electrons. The van der Waals surface area contributed by atoms with Gasteiger partial charge < -0.3 is 14.5 Å². The molecule has 0 saturated carbocycles. The van der Waals surface area contributed by atoms with Crippen LogP contribution in [0.25, 0.3) is 53.0 Å². The van der Waals surface area contributed by atoms with Gasteiger partial charge in [0, 0.05) is 63.5 Å². The van der Waals surface area contributed by atoms with E-state index in [0.717, 1.165) is 58.5 Å². The molecule has 0 unspecified atom stereocenters. The van der Waals surface area contributed by atoms with Crippen molar-refractivity contribution in [3.05, 3.63) is 78.7 Å². The molecule has 6 aromatic rings. The number of carbonyl (C=O) groups is 1. The molecule has 1 radical (unpaired) electrons. The van der Waals surface area contributed by atoms with Crippen LogP contribution in [0, 0.1) is 16.9 Å². The van der Waals surface area contributed by atoms with Crippen molar-refractivity contribution < 1.29 is 34.4 Å². The van der Waals surface area contributed by atoms with Gasteiger partial charge in [-0.1, -0.05) is 83.3 Å². The van der Waals surface area contributed by atoms with E-state index in [2.05, 4.69) is 42.5 Å². The number of furan rings is 1. The van der Waals surface area contributed by atoms with Crippen molar-refractivity contribution in [2.45, 2.75) is 67.2 Å². The van der Waals surface area contributed by atoms with Crippen molar-refractivity contribution >= 4 is 70.1 Å². The SMILES string of the molecule is CCC(C)(CC)C(=O)/C=C(\O)C(C)(CC)CC.[Ir].[c-]1ccc2oc3cccc4sc5c6ccccc6cnc5c1c2c34. The van der Waals surface area contributed by atoms with Crippen LogP contribution in [0.15, 0.2) is 77.0 Å². The topological polar surface area (TPSA) is 63.3 Å². The van der Waals surface area contributed by atoms with Gasteiger partial charge in [0.05, 0.1) is 5.58 Å². The van der Waals surface area contributed by atoms with Crippen LogP contribution in [0.5, 0.6) is 0 Å². The second kappa shape index (κ2) is 12.7. The minimum absolute atomic E-state index is 0. The normalized spacial score (nSPS) is 12.6. The van der Waals surface area contributed by atoms with Gasteiger partial charge >= 0.3 is 0 Å². The number of hydrogen-bond donors (Lipinski definition) is 1. The molecule has 0 aliphatic heterocycles. The minimum Gasteiger partial charge on any atom is -0.512 e. The molecule has 0 aliphatic rings. The Hall–Kier alpha value is -3.05. The van der Waals surface area contributed by atoms with Gasteiger partial charge in [-0.3, -0.25) is 4.79 Å². The summed E-state index contributed by atoms with van der Waals surface area (Å²) in [6.45, 7) is 12.1. The molecule has 42 heavy (non-hydrogen) atoms. The fourth-order valence-electron chi connectivity index (χ4n) is 5.26. The van der Waals surface area contributed by atoms with Crippen molar-refractivity contribution in [1.82, 2.24) is 4.98 Å². The van der Waals surface area contributed by atoms with E-state index in [0.29, 0.717) is 0 Å². The van der Waals surface area contributed by atoms with E-state index in [9.17, 15) is 9.90 Å². The molecular weight excluding hydrogens is 719 g/mol. The first-order valence-electron chi connectivity index (χ1n) is 14.6. The first-order valence-corrected chi connectivity index (χ1v) is 15.4. The zero-order valence-electron chi connectivity index (χ0n) is 25.1. The summed E-state index contributed by atoms with van der Waals surface area (Å²) in [5.74, 6) is 0.286. The molecule has 0 aliphatic carbocycles. The number of aliphatic hydroxyl groups is 1. The van der Waals surface area contributed by atoms with Crippen LogP contribution in [0.1, 0.15) is 67.2 Å². The van der Waals surface area contributed by atoms with Crippen LogP contribution in [0.4, 0.5) is 0 Å². The van der Waals surface area contributed by atoms with Gasteiger partial charge in [-0.25, -0.2) is 0 Å². The first kappa shape index (κ1) is 31.9. The fourth-order valence-corrected chi connectivity index (χ4v) is 6.48. The van der Waals surface area contributed by atoms with E-state index < -0.39 is 0 Å². The zero-order chi connectivity index (χ0) is 29.4. The smallest absolute Gasteiger partial charge is 0.164 e. The quantitative estimate of drug-likeness (QED) is 0.100. The summed E-state index contributed by atoms with van der Waals surface area (Å²) in [5.41, 5.74) is 2.21. The Morgan fingerprint density at radius 1 is 0.929 bits per heavy atom. The van der Waals surface area contributed by atoms with Gasteiger partial charge in [-0.2, -0.15) is 0 Å². The number of nitrogens with zero attached hydrogens (tertiary/aromatic N) is 1. The number of pyridine rings is 1. The maximum atomic E-state index is 12.2. The molecule has 0 saturated heterocycles. The van der Waals surface area contributed by atoms with Crippen molar-refractivity contribution in [3.63, 3.8) is 0 Å². The maximum Gasteiger partial charge on any atom is 0.164 e. The summed E-state index contributed by atoms with van der Waals surface area (Å²) in [4.78, 5) is 17.0. The molecule has 0 fully saturated rings. The third kappa shape index (κ3) is 5.53. The van der Waals surface area contributed by atoms with E-state index in [-0.39, 0.29) is 42.5 Å². The van der Waals surface area contributed by atoms with Crippen LogP contribution >= 0.6 is 11.3 Å². The molecule has 0 bridgehead atoms. The molecule has 0 spiro atoms. The summed E-state index contributed by atoms with van der Waals surface area (Å²) in [5, 5.41) is 15.9. The van der Waals surface area contributed by atoms with Crippen molar-refractivity contribution in [3.8, 4) is 0 Å². The molecule has 0 amide bonds. The van der Waals surface area contributed by atoms with E-state index >= 15 is 0 Å². The summed E-state index contributed by atoms with van der Waals surface area (Å²) in [6.07, 6.45) is 6.71. The molecule has 4 nitrogen and oxygen atoms in total. The number of ketones is 1. The van der Waals surface area contributed by atoms with E-state index in [4.69, 9.17) is 9.40 Å². The van der Waals surface area contributed by atoms with Gasteiger partial charge in [0.25, 0.3) is 0 Å². The molecule has 3 aromatic carbocycles. The standard InChI is InChI=1S/C21H10NOS.C15H28O2.Ir/c1-2-6-13-12(5-1)11-22-20-14-7-3-8-15-18(14)19-16(23-15)9-4-10-17(19)24-21(13)20;1-7-14(5,8-2)12(16)11-13(17)15(6,9-3)10-4;/h1-6,8-11H;11,16H,7-10H2,1-6H3;/q-1;;/b;12-11-;. The number of aliphatic hydroxyl groups excluding tert-OH is 1. The summed E-state index contributed by atoms with van der Waals surface area (Å²) in [6, 6.07) is 22.0. The number of aromatic nitrogens is 1. The Labute approximate surface area is 265 Å². The molecule has 6 heteroatoms. The number of hydrogen-bond acceptors (Lipinski definition) is 5. The number of fused-ring (bicyclic) bond motifs is 4. The Balaban J connectivity index is 0.000000203. The second-order valence-electron chi connectivity index (χ2n) is 11.4. The van der Waals surface area contributed by atoms with E-state index in [1.165, 1.54) is 26.2 Å². The average molecular weight is 757 g/mol. The van der Waals surface area contributed by atoms with Crippen LogP contribution in [0.3, 0.4) is 0 Å². The molecule has 3 heterocycles. The zero-order valence-corrected chi connectivity index (χ0v) is 28.3. The molecular formula is C36H38IrNO3S-. The maximum absolute atomic E-state index is 12.2. The molecule has 0 atom stereocenters. The van der Waals surface area contributed by atoms with Crippen molar-refractivity contribution in [1.29, 1.82) is 0 Å². The summed E-state index contributed by atoms with van der Waals surface area (Å²) in [7, 11) is 0. The third-order valence-electron chi connectivity index (χ3n) is 9.22. The predicted molar refractivity (Wildman–Crippen MR) is 174 cm³/mol. The first-order chi connectivity index (χ1) is 19.7. The summed E-state index contributed by atoms with van der Waals surface area (Å²) < 4.78 is 8.46. The predicted octanol–water partition coefficient (Wildman–Crippen LogP) is 10.9. The molecule has 3 aromatic heterocycles. The largest absolute Gasteiger partial charge is 0.512 e. The monoisotopic (exact) mass is 757 g/mol. The second-order valence-corrected chi connectivity index (χ2v) is 12.4. The molecule has 1 N–H and O–H groups in total. The average Bonchev–Trinajstić information content (AvgIpc) is 3.32. The minimum atomic E-state index is -0.337. The van der Waals surface area contributed by atoms with Crippen LogP contribution < -0.4 is 0 Å². The van der Waals surface area contributed by atoms with Crippen molar-refractivity contribution in [2.75, 3.05) is 0 Å². The van der Waals surface area contributed by atoms with Gasteiger partial charge in [0.2, 0.25) is 0 Å². The number of benzene rings is 3. The number of allylic oxidation sites excluding steroid dienone is 2. The Morgan fingerprint density at radius 3 is 2.29 bits per heavy atom. The van der Waals surface area contributed by atoms with Crippen LogP contribution in [-0.4, -0.2) is 15.9 Å². The van der Waals surface area contributed by atoms with E-state index in [1.807, 2.05) is 65.9 Å².